The van der Waals surface area contributed by atoms with Gasteiger partial charge in [-0.05, 0) is 81.6 Å². The molecule has 0 aliphatic rings. The van der Waals surface area contributed by atoms with Crippen LogP contribution in [0.25, 0.3) is 0 Å². The molecule has 0 heterocycles. The summed E-state index contributed by atoms with van der Waals surface area (Å²) in [6.45, 7) is 4.70. The Morgan fingerprint density at radius 2 is 1.23 bits per heavy atom. The predicted molar refractivity (Wildman–Crippen MR) is 148 cm³/mol. The Morgan fingerprint density at radius 3 is 1.67 bits per heavy atom. The molecule has 0 aliphatic heterocycles. The van der Waals surface area contributed by atoms with Crippen LogP contribution in [0.3, 0.4) is 0 Å². The summed E-state index contributed by atoms with van der Waals surface area (Å²) >= 11 is 0. The highest BCUT2D eigenvalue weighted by Crippen LogP contribution is 2.12. The number of nitrogens with two attached hydrogens (primary N) is 3. The van der Waals surface area contributed by atoms with Gasteiger partial charge in [-0.25, -0.2) is 4.79 Å². The van der Waals surface area contributed by atoms with Crippen molar-refractivity contribution < 1.29 is 29.4 Å². The second kappa shape index (κ2) is 18.1. The zero-order valence-electron chi connectivity index (χ0n) is 23.0. The summed E-state index contributed by atoms with van der Waals surface area (Å²) < 4.78 is 0. The summed E-state index contributed by atoms with van der Waals surface area (Å²) in [4.78, 5) is 51.0. The van der Waals surface area contributed by atoms with Crippen LogP contribution < -0.4 is 33.2 Å². The minimum absolute atomic E-state index is 0.0175. The first-order chi connectivity index (χ1) is 18.5. The summed E-state index contributed by atoms with van der Waals surface area (Å²) in [5.74, 6) is -2.69. The van der Waals surface area contributed by atoms with Crippen molar-refractivity contribution in [1.29, 1.82) is 0 Å². The van der Waals surface area contributed by atoms with Gasteiger partial charge in [0.15, 0.2) is 0 Å². The average Bonchev–Trinajstić information content (AvgIpc) is 2.87. The number of unbranched alkanes of at least 4 members (excludes halogenated alkanes) is 2. The minimum Gasteiger partial charge on any atom is -0.508 e. The molecule has 11 N–H and O–H groups in total. The Morgan fingerprint density at radius 1 is 0.769 bits per heavy atom. The topological polar surface area (TPSA) is 223 Å². The van der Waals surface area contributed by atoms with Crippen LogP contribution in [0.4, 0.5) is 0 Å². The van der Waals surface area contributed by atoms with Gasteiger partial charge in [0.1, 0.15) is 23.9 Å². The van der Waals surface area contributed by atoms with Crippen LogP contribution in [-0.4, -0.2) is 71.2 Å². The first-order valence-corrected chi connectivity index (χ1v) is 13.6. The van der Waals surface area contributed by atoms with Gasteiger partial charge < -0.3 is 43.4 Å². The summed E-state index contributed by atoms with van der Waals surface area (Å²) in [6, 6.07) is 1.98. The maximum Gasteiger partial charge on any atom is 0.326 e. The lowest BCUT2D eigenvalue weighted by molar-refractivity contribution is -0.142. The van der Waals surface area contributed by atoms with Gasteiger partial charge in [-0.3, -0.25) is 14.4 Å². The molecule has 0 aliphatic carbocycles. The van der Waals surface area contributed by atoms with Crippen molar-refractivity contribution in [3.63, 3.8) is 0 Å². The standard InChI is InChI=1S/C27H46N6O6/c1-17(2)15-20(30)24(35)31-21(7-3-5-13-28)25(36)32-22(8-4-6-14-29)26(37)33-23(27(38)39)16-18-9-11-19(34)12-10-18/h9-12,17,20-23,34H,3-8,13-16,28-30H2,1-2H3,(H,31,35)(H,32,36)(H,33,37)(H,38,39). The van der Waals surface area contributed by atoms with Gasteiger partial charge in [0.05, 0.1) is 6.04 Å². The van der Waals surface area contributed by atoms with Gasteiger partial charge in [0.2, 0.25) is 17.7 Å². The van der Waals surface area contributed by atoms with Gasteiger partial charge in [-0.2, -0.15) is 0 Å². The van der Waals surface area contributed by atoms with E-state index in [1.807, 2.05) is 13.8 Å². The molecule has 12 heteroatoms. The number of benzene rings is 1. The minimum atomic E-state index is -1.26. The summed E-state index contributed by atoms with van der Waals surface area (Å²) in [5, 5.41) is 27.1. The highest BCUT2D eigenvalue weighted by atomic mass is 16.4. The monoisotopic (exact) mass is 550 g/mol. The SMILES string of the molecule is CC(C)CC(N)C(=O)NC(CCCCN)C(=O)NC(CCCCN)C(=O)NC(Cc1ccc(O)cc1)C(=O)O. The number of carboxylic acid groups (broad SMARTS) is 1. The molecule has 1 rings (SSSR count). The highest BCUT2D eigenvalue weighted by Gasteiger charge is 2.30. The molecular formula is C27H46N6O6. The zero-order valence-corrected chi connectivity index (χ0v) is 23.0. The number of aromatic hydroxyl groups is 1. The normalized spacial score (nSPS) is 14.2. The third-order valence-corrected chi connectivity index (χ3v) is 6.21. The number of carboxylic acids is 1. The van der Waals surface area contributed by atoms with E-state index in [-0.39, 0.29) is 24.5 Å². The molecular weight excluding hydrogens is 504 g/mol. The van der Waals surface area contributed by atoms with E-state index < -0.39 is 47.9 Å². The molecule has 12 nitrogen and oxygen atoms in total. The quantitative estimate of drug-likeness (QED) is 0.109. The van der Waals surface area contributed by atoms with Gasteiger partial charge in [0.25, 0.3) is 0 Å². The van der Waals surface area contributed by atoms with Gasteiger partial charge in [0, 0.05) is 6.42 Å². The van der Waals surface area contributed by atoms with E-state index in [0.29, 0.717) is 57.2 Å². The third-order valence-electron chi connectivity index (χ3n) is 6.21. The van der Waals surface area contributed by atoms with Crippen molar-refractivity contribution in [2.45, 2.75) is 89.4 Å². The Hall–Kier alpha value is -3.22. The van der Waals surface area contributed by atoms with Crippen LogP contribution in [0.1, 0.15) is 64.4 Å². The van der Waals surface area contributed by atoms with E-state index in [1.165, 1.54) is 12.1 Å². The lowest BCUT2D eigenvalue weighted by Crippen LogP contribution is -2.57. The van der Waals surface area contributed by atoms with Crippen LogP contribution in [0.5, 0.6) is 5.75 Å². The fourth-order valence-corrected chi connectivity index (χ4v) is 4.03. The van der Waals surface area contributed by atoms with Crippen molar-refractivity contribution in [3.05, 3.63) is 29.8 Å². The number of amides is 3. The number of rotatable bonds is 19. The van der Waals surface area contributed by atoms with Crippen molar-refractivity contribution in [2.24, 2.45) is 23.1 Å². The fraction of sp³-hybridized carbons (Fsp3) is 0.630. The number of nitrogens with one attached hydrogen (secondary N) is 3. The molecule has 4 unspecified atom stereocenters. The summed E-state index contributed by atoms with van der Waals surface area (Å²) in [5.41, 5.74) is 17.8. The predicted octanol–water partition coefficient (Wildman–Crippen LogP) is 0.105. The smallest absolute Gasteiger partial charge is 0.326 e. The second-order valence-corrected chi connectivity index (χ2v) is 10.2. The van der Waals surface area contributed by atoms with Crippen molar-refractivity contribution >= 4 is 23.7 Å². The van der Waals surface area contributed by atoms with Crippen LogP contribution in [0.2, 0.25) is 0 Å². The zero-order chi connectivity index (χ0) is 29.4. The van der Waals surface area contributed by atoms with Crippen molar-refractivity contribution in [1.82, 2.24) is 16.0 Å². The molecule has 39 heavy (non-hydrogen) atoms. The number of carbonyl (C=O) groups is 4. The lowest BCUT2D eigenvalue weighted by Gasteiger charge is -2.25. The first kappa shape index (κ1) is 33.8. The van der Waals surface area contributed by atoms with Gasteiger partial charge >= 0.3 is 5.97 Å². The Bertz CT molecular complexity index is 911. The molecule has 4 atom stereocenters. The number of hydrogen-bond donors (Lipinski definition) is 8. The molecule has 0 aromatic heterocycles. The maximum absolute atomic E-state index is 13.3. The molecule has 3 amide bonds. The van der Waals surface area contributed by atoms with Crippen molar-refractivity contribution in [3.8, 4) is 5.75 Å². The number of hydrogen-bond acceptors (Lipinski definition) is 8. The average molecular weight is 551 g/mol. The number of phenols is 1. The Balaban J connectivity index is 3.02. The molecule has 0 bridgehead atoms. The largest absolute Gasteiger partial charge is 0.508 e. The molecule has 0 fully saturated rings. The van der Waals surface area contributed by atoms with Crippen molar-refractivity contribution in [2.75, 3.05) is 13.1 Å². The van der Waals surface area contributed by atoms with Gasteiger partial charge in [-0.1, -0.05) is 26.0 Å². The van der Waals surface area contributed by atoms with E-state index >= 15 is 0 Å². The number of phenolic OH excluding ortho intramolecular Hbond substituents is 1. The molecule has 0 saturated heterocycles. The number of carbonyl (C=O) groups excluding carboxylic acids is 3. The third kappa shape index (κ3) is 13.4. The van der Waals surface area contributed by atoms with E-state index in [4.69, 9.17) is 17.2 Å². The molecule has 1 aromatic rings. The van der Waals surface area contributed by atoms with Crippen LogP contribution >= 0.6 is 0 Å². The maximum atomic E-state index is 13.3. The van der Waals surface area contributed by atoms with Crippen LogP contribution in [0.15, 0.2) is 24.3 Å². The molecule has 0 spiro atoms. The summed E-state index contributed by atoms with van der Waals surface area (Å²) in [7, 11) is 0. The first-order valence-electron chi connectivity index (χ1n) is 13.6. The van der Waals surface area contributed by atoms with E-state index in [9.17, 15) is 29.4 Å². The summed E-state index contributed by atoms with van der Waals surface area (Å²) in [6.07, 6.45) is 3.32. The molecule has 1 aromatic carbocycles. The van der Waals surface area contributed by atoms with E-state index in [1.54, 1.807) is 12.1 Å². The second-order valence-electron chi connectivity index (χ2n) is 10.2. The van der Waals surface area contributed by atoms with Gasteiger partial charge in [-0.15, -0.1) is 0 Å². The fourth-order valence-electron chi connectivity index (χ4n) is 4.03. The lowest BCUT2D eigenvalue weighted by atomic mass is 10.0. The number of aliphatic carboxylic acids is 1. The Labute approximate surface area is 230 Å². The van der Waals surface area contributed by atoms with E-state index in [0.717, 1.165) is 0 Å². The highest BCUT2D eigenvalue weighted by molar-refractivity contribution is 5.94. The molecule has 220 valence electrons. The van der Waals surface area contributed by atoms with Crippen LogP contribution in [0, 0.1) is 5.92 Å². The Kier molecular flexibility index (Phi) is 15.7. The van der Waals surface area contributed by atoms with E-state index in [2.05, 4.69) is 16.0 Å². The van der Waals surface area contributed by atoms with Crippen LogP contribution in [-0.2, 0) is 25.6 Å². The molecule has 0 radical (unpaired) electrons. The molecule has 0 saturated carbocycles.